The Bertz CT molecular complexity index is 1630. The molecule has 1 N–H and O–H groups in total. The molecule has 39 heavy (non-hydrogen) atoms. The topological polar surface area (TPSA) is 126 Å². The molecule has 2 aromatic heterocycles. The van der Waals surface area contributed by atoms with Gasteiger partial charge in [0.2, 0.25) is 11.7 Å². The number of nitrogens with one attached hydrogen (secondary N) is 1. The number of hydrogen-bond donors (Lipinski definition) is 1. The van der Waals surface area contributed by atoms with Crippen LogP contribution < -0.4 is 10.4 Å². The summed E-state index contributed by atoms with van der Waals surface area (Å²) in [7, 11) is -3.94. The average Bonchev–Trinajstić information content (AvgIpc) is 3.55. The molecule has 2 aliphatic rings. The van der Waals surface area contributed by atoms with E-state index in [0.717, 1.165) is 0 Å². The zero-order chi connectivity index (χ0) is 28.2. The summed E-state index contributed by atoms with van der Waals surface area (Å²) in [6.07, 6.45) is -3.36. The molecule has 0 radical (unpaired) electrons. The molecule has 1 unspecified atom stereocenters. The van der Waals surface area contributed by atoms with Gasteiger partial charge in [-0.2, -0.15) is 26.9 Å². The minimum atomic E-state index is -5.90. The van der Waals surface area contributed by atoms with E-state index in [2.05, 4.69) is 30.5 Å². The number of hydrazine groups is 1. The van der Waals surface area contributed by atoms with Crippen LogP contribution in [0.5, 0.6) is 0 Å². The second kappa shape index (κ2) is 9.21. The lowest BCUT2D eigenvalue weighted by Gasteiger charge is -2.34. The Hall–Kier alpha value is -4.21. The van der Waals surface area contributed by atoms with Crippen molar-refractivity contribution in [2.24, 2.45) is 9.98 Å². The van der Waals surface area contributed by atoms with Crippen molar-refractivity contribution < 1.29 is 34.9 Å². The first-order valence-electron chi connectivity index (χ1n) is 11.3. The minimum absolute atomic E-state index is 0.00474. The molecule has 0 spiro atoms. The van der Waals surface area contributed by atoms with E-state index >= 15 is 0 Å². The Labute approximate surface area is 217 Å². The highest BCUT2D eigenvalue weighted by Crippen LogP contribution is 2.39. The Morgan fingerprint density at radius 1 is 1.08 bits per heavy atom. The van der Waals surface area contributed by atoms with E-state index in [1.807, 2.05) is 6.07 Å². The summed E-state index contributed by atoms with van der Waals surface area (Å²) < 4.78 is 97.6. The highest BCUT2D eigenvalue weighted by atomic mass is 32.2. The maximum Gasteiger partial charge on any atom is 0.461 e. The summed E-state index contributed by atoms with van der Waals surface area (Å²) >= 11 is 0. The molecule has 5 rings (SSSR count). The van der Waals surface area contributed by atoms with Gasteiger partial charge in [-0.25, -0.2) is 23.4 Å². The fourth-order valence-electron chi connectivity index (χ4n) is 3.75. The fraction of sp³-hybridized carbons (Fsp3) is 0.261. The van der Waals surface area contributed by atoms with Crippen LogP contribution in [0.1, 0.15) is 13.8 Å². The highest BCUT2D eigenvalue weighted by molar-refractivity contribution is 7.91. The number of amidine groups is 2. The number of pyridine rings is 1. The predicted molar refractivity (Wildman–Crippen MR) is 130 cm³/mol. The van der Waals surface area contributed by atoms with Gasteiger partial charge >= 0.3 is 12.1 Å². The first kappa shape index (κ1) is 26.4. The molecule has 0 fully saturated rings. The van der Waals surface area contributed by atoms with Crippen molar-refractivity contribution in [3.05, 3.63) is 54.4 Å². The quantitative estimate of drug-likeness (QED) is 0.440. The highest BCUT2D eigenvalue weighted by Gasteiger charge is 2.63. The number of rotatable bonds is 6. The normalized spacial score (nSPS) is 17.8. The zero-order valence-electron chi connectivity index (χ0n) is 20.1. The van der Waals surface area contributed by atoms with E-state index < -0.39 is 39.6 Å². The zero-order valence-corrected chi connectivity index (χ0v) is 20.9. The number of nitrogens with zero attached hydrogens (tertiary/aromatic N) is 6. The number of benzene rings is 1. The lowest BCUT2D eigenvalue weighted by molar-refractivity contribution is -0.249. The second-order valence-electron chi connectivity index (χ2n) is 8.48. The third kappa shape index (κ3) is 4.64. The monoisotopic (exact) mass is 567 g/mol. The molecule has 0 saturated heterocycles. The van der Waals surface area contributed by atoms with E-state index in [0.29, 0.717) is 5.56 Å². The Morgan fingerprint density at radius 3 is 2.46 bits per heavy atom. The molecule has 10 nitrogen and oxygen atoms in total. The van der Waals surface area contributed by atoms with E-state index in [1.165, 1.54) is 37.2 Å². The molecule has 0 aliphatic carbocycles. The van der Waals surface area contributed by atoms with Crippen LogP contribution >= 0.6 is 0 Å². The maximum atomic E-state index is 13.8. The van der Waals surface area contributed by atoms with Crippen LogP contribution in [0.3, 0.4) is 0 Å². The molecular formula is C23H18F5N7O3S. The Morgan fingerprint density at radius 2 is 1.79 bits per heavy atom. The molecule has 204 valence electrons. The maximum absolute atomic E-state index is 13.8. The van der Waals surface area contributed by atoms with Gasteiger partial charge in [0.15, 0.2) is 21.5 Å². The van der Waals surface area contributed by atoms with Crippen LogP contribution in [0.4, 0.5) is 27.8 Å². The van der Waals surface area contributed by atoms with Crippen LogP contribution in [0.25, 0.3) is 22.8 Å². The summed E-state index contributed by atoms with van der Waals surface area (Å²) in [5.41, 5.74) is 3.19. The lowest BCUT2D eigenvalue weighted by Crippen LogP contribution is -2.51. The number of aliphatic imine (C=N–C) groups is 2. The first-order chi connectivity index (χ1) is 18.3. The standard InChI is InChI=1S/C23H18F5N7O3S/c1-3-39(36,37)16-10-14(20-31-17(34-38-20)13-7-5-4-6-8-13)11-29-19(16)35-12(2)9-15-18(33-35)32-21(30-15)22(24,25)23(26,27)28/h4-12H,3H2,1-2H3,(H,30,32,33). The number of alkyl halides is 5. The Kier molecular flexibility index (Phi) is 6.24. The van der Waals surface area contributed by atoms with Crippen molar-refractivity contribution in [2.45, 2.75) is 36.9 Å². The van der Waals surface area contributed by atoms with Gasteiger partial charge in [-0.3, -0.25) is 10.4 Å². The van der Waals surface area contributed by atoms with Crippen LogP contribution in [0.15, 0.2) is 73.8 Å². The number of hydrogen-bond acceptors (Lipinski definition) is 10. The van der Waals surface area contributed by atoms with Gasteiger partial charge in [-0.05, 0) is 19.1 Å². The SMILES string of the molecule is CCS(=O)(=O)c1cc(-c2nc(-c3ccccc3)no2)cnc1N1NC2=NC(C(F)(F)C(F)(F)F)=NC2=CC1C. The largest absolute Gasteiger partial charge is 0.461 e. The molecule has 1 aromatic carbocycles. The number of anilines is 1. The van der Waals surface area contributed by atoms with Gasteiger partial charge in [0.05, 0.1) is 17.4 Å². The summed E-state index contributed by atoms with van der Waals surface area (Å²) in [5, 5.41) is 5.10. The van der Waals surface area contributed by atoms with E-state index in [4.69, 9.17) is 4.52 Å². The predicted octanol–water partition coefficient (Wildman–Crippen LogP) is 4.20. The van der Waals surface area contributed by atoms with Gasteiger partial charge in [-0.1, -0.05) is 42.4 Å². The van der Waals surface area contributed by atoms with Crippen LogP contribution in [0, 0.1) is 0 Å². The van der Waals surface area contributed by atoms with Crippen LogP contribution in [-0.4, -0.2) is 59.1 Å². The van der Waals surface area contributed by atoms with Crippen molar-refractivity contribution >= 4 is 27.3 Å². The second-order valence-corrected chi connectivity index (χ2v) is 10.7. The lowest BCUT2D eigenvalue weighted by atomic mass is 10.2. The molecule has 0 saturated carbocycles. The Balaban J connectivity index is 1.52. The van der Waals surface area contributed by atoms with E-state index in [1.54, 1.807) is 24.3 Å². The third-order valence-electron chi connectivity index (χ3n) is 5.84. The molecule has 0 bridgehead atoms. The van der Waals surface area contributed by atoms with Gasteiger partial charge in [0.1, 0.15) is 10.6 Å². The number of aromatic nitrogens is 3. The van der Waals surface area contributed by atoms with Crippen molar-refractivity contribution in [1.29, 1.82) is 0 Å². The van der Waals surface area contributed by atoms with Gasteiger partial charge < -0.3 is 4.52 Å². The molecule has 16 heteroatoms. The van der Waals surface area contributed by atoms with E-state index in [-0.39, 0.29) is 39.4 Å². The third-order valence-corrected chi connectivity index (χ3v) is 7.57. The van der Waals surface area contributed by atoms with Gasteiger partial charge in [-0.15, -0.1) is 0 Å². The minimum Gasteiger partial charge on any atom is -0.334 e. The molecule has 2 aliphatic heterocycles. The van der Waals surface area contributed by atoms with Crippen molar-refractivity contribution in [1.82, 2.24) is 20.6 Å². The van der Waals surface area contributed by atoms with Crippen molar-refractivity contribution in [3.63, 3.8) is 0 Å². The van der Waals surface area contributed by atoms with Crippen molar-refractivity contribution in [2.75, 3.05) is 10.8 Å². The number of fused-ring (bicyclic) bond motifs is 1. The van der Waals surface area contributed by atoms with Gasteiger partial charge in [0, 0.05) is 11.8 Å². The molecule has 4 heterocycles. The average molecular weight is 568 g/mol. The van der Waals surface area contributed by atoms with Crippen molar-refractivity contribution in [3.8, 4) is 22.8 Å². The van der Waals surface area contributed by atoms with Gasteiger partial charge in [0.25, 0.3) is 5.89 Å². The van der Waals surface area contributed by atoms with Crippen LogP contribution in [-0.2, 0) is 9.84 Å². The smallest absolute Gasteiger partial charge is 0.334 e. The summed E-state index contributed by atoms with van der Waals surface area (Å²) in [4.78, 5) is 15.0. The van der Waals surface area contributed by atoms with Crippen LogP contribution in [0.2, 0.25) is 0 Å². The number of halogens is 5. The fourth-order valence-corrected chi connectivity index (χ4v) is 4.80. The summed E-state index contributed by atoms with van der Waals surface area (Å²) in [6, 6.07) is 9.40. The molecule has 1 atom stereocenters. The van der Waals surface area contributed by atoms with E-state index in [9.17, 15) is 30.4 Å². The summed E-state index contributed by atoms with van der Waals surface area (Å²) in [5.74, 6) is -7.63. The first-order valence-corrected chi connectivity index (χ1v) is 13.0. The summed E-state index contributed by atoms with van der Waals surface area (Å²) in [6.45, 7) is 2.95. The molecule has 3 aromatic rings. The number of sulfone groups is 1. The molecular weight excluding hydrogens is 549 g/mol. The molecule has 0 amide bonds.